The van der Waals surface area contributed by atoms with E-state index in [1.807, 2.05) is 12.3 Å². The highest BCUT2D eigenvalue weighted by molar-refractivity contribution is 7.13. The first-order valence-electron chi connectivity index (χ1n) is 6.24. The number of aromatic nitrogens is 2. The molecule has 2 aromatic heterocycles. The van der Waals surface area contributed by atoms with Crippen LogP contribution in [0.5, 0.6) is 0 Å². The summed E-state index contributed by atoms with van der Waals surface area (Å²) in [7, 11) is 0. The van der Waals surface area contributed by atoms with Gasteiger partial charge in [-0.1, -0.05) is 18.5 Å². The van der Waals surface area contributed by atoms with Crippen LogP contribution in [0.25, 0.3) is 0 Å². The predicted octanol–water partition coefficient (Wildman–Crippen LogP) is 3.57. The van der Waals surface area contributed by atoms with E-state index in [9.17, 15) is 4.79 Å². The molecule has 0 aliphatic rings. The highest BCUT2D eigenvalue weighted by Gasteiger charge is 2.14. The van der Waals surface area contributed by atoms with Crippen LogP contribution in [-0.4, -0.2) is 22.4 Å². The van der Waals surface area contributed by atoms with E-state index in [1.54, 1.807) is 12.1 Å². The maximum Gasteiger partial charge on any atom is 0.277 e. The molecule has 7 heteroatoms. The standard InChI is InChI=1S/C13H15ClN4OS/c1-3-6-15-10-5-4-9(14)11(17-10)12(19)18-13-16-8(2)7-20-13/h4-5,7H,3,6H2,1-2H3,(H,15,17)(H,16,18,19). The molecule has 0 aliphatic carbocycles. The van der Waals surface area contributed by atoms with Gasteiger partial charge in [-0.05, 0) is 25.5 Å². The molecule has 0 unspecified atom stereocenters. The summed E-state index contributed by atoms with van der Waals surface area (Å²) in [6.07, 6.45) is 0.976. The third kappa shape index (κ3) is 3.68. The number of aryl methyl sites for hydroxylation is 1. The number of carbonyl (C=O) groups is 1. The topological polar surface area (TPSA) is 66.9 Å². The fraction of sp³-hybridized carbons (Fsp3) is 0.308. The molecule has 0 bridgehead atoms. The van der Waals surface area contributed by atoms with E-state index < -0.39 is 0 Å². The van der Waals surface area contributed by atoms with Gasteiger partial charge >= 0.3 is 0 Å². The summed E-state index contributed by atoms with van der Waals surface area (Å²) < 4.78 is 0. The molecule has 0 spiro atoms. The number of nitrogens with one attached hydrogen (secondary N) is 2. The molecular weight excluding hydrogens is 296 g/mol. The normalized spacial score (nSPS) is 10.3. The van der Waals surface area contributed by atoms with Crippen LogP contribution in [0.3, 0.4) is 0 Å². The smallest absolute Gasteiger partial charge is 0.277 e. The van der Waals surface area contributed by atoms with Crippen molar-refractivity contribution >= 4 is 39.8 Å². The zero-order valence-electron chi connectivity index (χ0n) is 11.2. The van der Waals surface area contributed by atoms with Gasteiger partial charge in [0.25, 0.3) is 5.91 Å². The van der Waals surface area contributed by atoms with Crippen LogP contribution in [0.15, 0.2) is 17.5 Å². The van der Waals surface area contributed by atoms with Gasteiger partial charge in [-0.15, -0.1) is 11.3 Å². The summed E-state index contributed by atoms with van der Waals surface area (Å²) in [5.74, 6) is 0.279. The molecule has 0 radical (unpaired) electrons. The van der Waals surface area contributed by atoms with Crippen molar-refractivity contribution in [3.63, 3.8) is 0 Å². The van der Waals surface area contributed by atoms with Crippen LogP contribution >= 0.6 is 22.9 Å². The maximum absolute atomic E-state index is 12.2. The summed E-state index contributed by atoms with van der Waals surface area (Å²) in [4.78, 5) is 20.6. The Kier molecular flexibility index (Phi) is 4.92. The summed E-state index contributed by atoms with van der Waals surface area (Å²) >= 11 is 7.40. The van der Waals surface area contributed by atoms with Gasteiger partial charge in [0.2, 0.25) is 0 Å². The fourth-order valence-corrected chi connectivity index (χ4v) is 2.39. The maximum atomic E-state index is 12.2. The molecule has 2 heterocycles. The van der Waals surface area contributed by atoms with Gasteiger partial charge in [0.1, 0.15) is 11.5 Å². The van der Waals surface area contributed by atoms with Gasteiger partial charge in [0.05, 0.1) is 10.7 Å². The monoisotopic (exact) mass is 310 g/mol. The van der Waals surface area contributed by atoms with Crippen LogP contribution in [0, 0.1) is 6.92 Å². The lowest BCUT2D eigenvalue weighted by Crippen LogP contribution is -2.15. The summed E-state index contributed by atoms with van der Waals surface area (Å²) in [6.45, 7) is 4.72. The third-order valence-corrected chi connectivity index (χ3v) is 3.64. The van der Waals surface area contributed by atoms with Crippen molar-refractivity contribution in [2.45, 2.75) is 20.3 Å². The number of anilines is 2. The first-order valence-corrected chi connectivity index (χ1v) is 7.49. The number of pyridine rings is 1. The number of halogens is 1. The van der Waals surface area contributed by atoms with Crippen molar-refractivity contribution in [3.05, 3.63) is 33.9 Å². The molecule has 0 aromatic carbocycles. The van der Waals surface area contributed by atoms with E-state index in [4.69, 9.17) is 11.6 Å². The Labute approximate surface area is 126 Å². The Hall–Kier alpha value is -1.66. The number of carbonyl (C=O) groups excluding carboxylic acids is 1. The van der Waals surface area contributed by atoms with Gasteiger partial charge < -0.3 is 5.32 Å². The van der Waals surface area contributed by atoms with E-state index in [1.165, 1.54) is 11.3 Å². The van der Waals surface area contributed by atoms with Gasteiger partial charge in [-0.2, -0.15) is 0 Å². The van der Waals surface area contributed by atoms with E-state index in [0.29, 0.717) is 16.0 Å². The SMILES string of the molecule is CCCNc1ccc(Cl)c(C(=O)Nc2nc(C)cs2)n1. The minimum atomic E-state index is -0.357. The minimum Gasteiger partial charge on any atom is -0.370 e. The first-order chi connectivity index (χ1) is 9.60. The fourth-order valence-electron chi connectivity index (χ4n) is 1.52. The Morgan fingerprint density at radius 1 is 1.40 bits per heavy atom. The van der Waals surface area contributed by atoms with Crippen molar-refractivity contribution in [1.29, 1.82) is 0 Å². The van der Waals surface area contributed by atoms with Crippen LogP contribution in [0.2, 0.25) is 5.02 Å². The average molecular weight is 311 g/mol. The molecular formula is C13H15ClN4OS. The van der Waals surface area contributed by atoms with Crippen LogP contribution in [0.1, 0.15) is 29.5 Å². The van der Waals surface area contributed by atoms with E-state index in [-0.39, 0.29) is 11.6 Å². The van der Waals surface area contributed by atoms with Crippen molar-refractivity contribution in [1.82, 2.24) is 9.97 Å². The van der Waals surface area contributed by atoms with Gasteiger partial charge in [0.15, 0.2) is 5.13 Å². The van der Waals surface area contributed by atoms with Gasteiger partial charge in [-0.25, -0.2) is 9.97 Å². The Morgan fingerprint density at radius 2 is 2.20 bits per heavy atom. The largest absolute Gasteiger partial charge is 0.370 e. The summed E-state index contributed by atoms with van der Waals surface area (Å²) in [5.41, 5.74) is 1.06. The lowest BCUT2D eigenvalue weighted by atomic mass is 10.3. The Morgan fingerprint density at radius 3 is 2.85 bits per heavy atom. The van der Waals surface area contributed by atoms with Crippen LogP contribution < -0.4 is 10.6 Å². The minimum absolute atomic E-state index is 0.195. The Balaban J connectivity index is 2.15. The summed E-state index contributed by atoms with van der Waals surface area (Å²) in [5, 5.41) is 8.54. The molecule has 2 rings (SSSR count). The lowest BCUT2D eigenvalue weighted by Gasteiger charge is -2.07. The highest BCUT2D eigenvalue weighted by Crippen LogP contribution is 2.20. The van der Waals surface area contributed by atoms with Crippen LogP contribution in [0.4, 0.5) is 10.9 Å². The quantitative estimate of drug-likeness (QED) is 0.886. The average Bonchev–Trinajstić information content (AvgIpc) is 2.83. The predicted molar refractivity (Wildman–Crippen MR) is 82.8 cm³/mol. The number of rotatable bonds is 5. The third-order valence-electron chi connectivity index (χ3n) is 2.46. The van der Waals surface area contributed by atoms with Crippen molar-refractivity contribution < 1.29 is 4.79 Å². The van der Waals surface area contributed by atoms with E-state index in [2.05, 4.69) is 27.5 Å². The number of hydrogen-bond donors (Lipinski definition) is 2. The van der Waals surface area contributed by atoms with Crippen molar-refractivity contribution in [2.24, 2.45) is 0 Å². The Bertz CT molecular complexity index is 614. The van der Waals surface area contributed by atoms with Crippen LogP contribution in [-0.2, 0) is 0 Å². The highest BCUT2D eigenvalue weighted by atomic mass is 35.5. The second kappa shape index (κ2) is 6.67. The molecule has 0 atom stereocenters. The van der Waals surface area contributed by atoms with E-state index >= 15 is 0 Å². The number of amides is 1. The second-order valence-electron chi connectivity index (χ2n) is 4.20. The zero-order valence-corrected chi connectivity index (χ0v) is 12.8. The molecule has 0 aliphatic heterocycles. The number of thiazole rings is 1. The second-order valence-corrected chi connectivity index (χ2v) is 5.47. The number of hydrogen-bond acceptors (Lipinski definition) is 5. The summed E-state index contributed by atoms with van der Waals surface area (Å²) in [6, 6.07) is 3.41. The molecule has 0 fully saturated rings. The molecule has 5 nitrogen and oxygen atoms in total. The van der Waals surface area contributed by atoms with Crippen molar-refractivity contribution in [3.8, 4) is 0 Å². The molecule has 0 saturated heterocycles. The van der Waals surface area contributed by atoms with Gasteiger partial charge in [-0.3, -0.25) is 10.1 Å². The molecule has 2 N–H and O–H groups in total. The zero-order chi connectivity index (χ0) is 14.5. The lowest BCUT2D eigenvalue weighted by molar-refractivity contribution is 0.102. The molecule has 106 valence electrons. The molecule has 20 heavy (non-hydrogen) atoms. The molecule has 2 aromatic rings. The molecule has 0 saturated carbocycles. The number of nitrogens with zero attached hydrogens (tertiary/aromatic N) is 2. The van der Waals surface area contributed by atoms with Crippen molar-refractivity contribution in [2.75, 3.05) is 17.2 Å². The van der Waals surface area contributed by atoms with E-state index in [0.717, 1.165) is 18.7 Å². The molecule has 1 amide bonds. The van der Waals surface area contributed by atoms with Gasteiger partial charge in [0, 0.05) is 11.9 Å². The first kappa shape index (κ1) is 14.7.